The Morgan fingerprint density at radius 1 is 1.23 bits per heavy atom. The Morgan fingerprint density at radius 2 is 1.97 bits per heavy atom. The van der Waals surface area contributed by atoms with Crippen LogP contribution >= 0.6 is 11.8 Å². The molecule has 1 aliphatic heterocycles. The van der Waals surface area contributed by atoms with E-state index in [1.165, 1.54) is 11.8 Å². The number of hydrogen-bond donors (Lipinski definition) is 4. The van der Waals surface area contributed by atoms with E-state index in [1.54, 1.807) is 0 Å². The molecule has 1 amide bonds. The first kappa shape index (κ1) is 21.1. The molecule has 1 aromatic carbocycles. The summed E-state index contributed by atoms with van der Waals surface area (Å²) >= 11 is 1.42. The molecule has 31 heavy (non-hydrogen) atoms. The highest BCUT2D eigenvalue weighted by Gasteiger charge is 2.37. The van der Waals surface area contributed by atoms with Crippen molar-refractivity contribution in [3.8, 4) is 0 Å². The van der Waals surface area contributed by atoms with Gasteiger partial charge in [-0.25, -0.2) is 9.97 Å². The second-order valence-corrected chi connectivity index (χ2v) is 8.88. The standard InChI is InChI=1S/C21H25N7O2S/c1-4-19(29)22-14-5-7-15(8-6-14)31-20-24-16(23-17-9-13(2)26-27-17)10-18(25-20)28-11-21(3,30)12-28/h5-10,30H,4,11-12H2,1-3H3,(H,22,29)(H2,23,24,25,26,27). The average molecular weight is 440 g/mol. The van der Waals surface area contributed by atoms with Gasteiger partial charge in [0.2, 0.25) is 5.91 Å². The smallest absolute Gasteiger partial charge is 0.224 e. The van der Waals surface area contributed by atoms with E-state index in [0.717, 1.165) is 22.1 Å². The van der Waals surface area contributed by atoms with E-state index in [-0.39, 0.29) is 5.91 Å². The number of aromatic nitrogens is 4. The number of β-amino-alcohol motifs (C(OH)–C–C–N with tert-alkyl or cyclic N) is 1. The van der Waals surface area contributed by atoms with Crippen molar-refractivity contribution in [3.05, 3.63) is 42.1 Å². The fourth-order valence-electron chi connectivity index (χ4n) is 3.20. The number of rotatable bonds is 7. The molecule has 3 aromatic rings. The summed E-state index contributed by atoms with van der Waals surface area (Å²) in [5, 5.41) is 23.8. The number of nitrogens with one attached hydrogen (secondary N) is 3. The molecular weight excluding hydrogens is 414 g/mol. The molecular formula is C21H25N7O2S. The summed E-state index contributed by atoms with van der Waals surface area (Å²) in [7, 11) is 0. The minimum atomic E-state index is -0.704. The summed E-state index contributed by atoms with van der Waals surface area (Å²) in [5.74, 6) is 2.01. The van der Waals surface area contributed by atoms with Crippen molar-refractivity contribution in [2.24, 2.45) is 0 Å². The van der Waals surface area contributed by atoms with Crippen LogP contribution in [0.5, 0.6) is 0 Å². The number of anilines is 4. The minimum absolute atomic E-state index is 0.0220. The number of aryl methyl sites for hydroxylation is 1. The van der Waals surface area contributed by atoms with Gasteiger partial charge in [0.25, 0.3) is 0 Å². The van der Waals surface area contributed by atoms with Gasteiger partial charge in [0, 0.05) is 47.9 Å². The highest BCUT2D eigenvalue weighted by atomic mass is 32.2. The fraction of sp³-hybridized carbons (Fsp3) is 0.333. The van der Waals surface area contributed by atoms with E-state index in [0.29, 0.717) is 36.3 Å². The normalized spacial score (nSPS) is 14.8. The van der Waals surface area contributed by atoms with Crippen molar-refractivity contribution in [3.63, 3.8) is 0 Å². The molecule has 4 N–H and O–H groups in total. The molecule has 1 saturated heterocycles. The molecule has 0 radical (unpaired) electrons. The van der Waals surface area contributed by atoms with Crippen LogP contribution in [0.2, 0.25) is 0 Å². The topological polar surface area (TPSA) is 119 Å². The third-order valence-corrected chi connectivity index (χ3v) is 5.58. The molecule has 1 aliphatic rings. The molecule has 1 fully saturated rings. The summed E-state index contributed by atoms with van der Waals surface area (Å²) in [6.07, 6.45) is 0.436. The van der Waals surface area contributed by atoms with E-state index in [4.69, 9.17) is 0 Å². The van der Waals surface area contributed by atoms with E-state index in [9.17, 15) is 9.90 Å². The maximum absolute atomic E-state index is 11.6. The largest absolute Gasteiger partial charge is 0.386 e. The number of carbonyl (C=O) groups excluding carboxylic acids is 1. The van der Waals surface area contributed by atoms with Gasteiger partial charge < -0.3 is 20.6 Å². The van der Waals surface area contributed by atoms with Crippen LogP contribution in [0.15, 0.2) is 46.5 Å². The Bertz CT molecular complexity index is 1070. The van der Waals surface area contributed by atoms with Crippen LogP contribution in [-0.2, 0) is 4.79 Å². The molecule has 162 valence electrons. The van der Waals surface area contributed by atoms with Crippen LogP contribution in [0.3, 0.4) is 0 Å². The molecule has 3 heterocycles. The highest BCUT2D eigenvalue weighted by molar-refractivity contribution is 7.99. The first-order chi connectivity index (χ1) is 14.8. The Hall–Kier alpha value is -3.11. The number of hydrogen-bond acceptors (Lipinski definition) is 8. The van der Waals surface area contributed by atoms with Crippen LogP contribution in [0.4, 0.5) is 23.1 Å². The van der Waals surface area contributed by atoms with Gasteiger partial charge in [0.15, 0.2) is 11.0 Å². The summed E-state index contributed by atoms with van der Waals surface area (Å²) in [5.41, 5.74) is 0.995. The molecule has 10 heteroatoms. The van der Waals surface area contributed by atoms with Crippen LogP contribution in [0.25, 0.3) is 0 Å². The lowest BCUT2D eigenvalue weighted by molar-refractivity contribution is -0.115. The SMILES string of the molecule is CCC(=O)Nc1ccc(Sc2nc(Nc3cc(C)[nH]n3)cc(N3CC(C)(O)C3)n2)cc1. The zero-order chi connectivity index (χ0) is 22.0. The van der Waals surface area contributed by atoms with Gasteiger partial charge in [0.1, 0.15) is 11.6 Å². The molecule has 4 rings (SSSR count). The van der Waals surface area contributed by atoms with Crippen molar-refractivity contribution in [2.75, 3.05) is 28.6 Å². The van der Waals surface area contributed by atoms with E-state index in [2.05, 4.69) is 30.8 Å². The lowest BCUT2D eigenvalue weighted by atomic mass is 9.97. The van der Waals surface area contributed by atoms with Gasteiger partial charge in [0.05, 0.1) is 5.60 Å². The first-order valence-corrected chi connectivity index (χ1v) is 10.8. The predicted molar refractivity (Wildman–Crippen MR) is 121 cm³/mol. The number of aromatic amines is 1. The number of aliphatic hydroxyl groups is 1. The number of carbonyl (C=O) groups is 1. The van der Waals surface area contributed by atoms with Gasteiger partial charge in [-0.1, -0.05) is 6.92 Å². The van der Waals surface area contributed by atoms with E-state index in [1.807, 2.05) is 62.1 Å². The van der Waals surface area contributed by atoms with Crippen LogP contribution in [0, 0.1) is 6.92 Å². The van der Waals surface area contributed by atoms with E-state index < -0.39 is 5.60 Å². The maximum Gasteiger partial charge on any atom is 0.224 e. The lowest BCUT2D eigenvalue weighted by Gasteiger charge is -2.45. The van der Waals surface area contributed by atoms with Crippen molar-refractivity contribution in [2.45, 2.75) is 42.8 Å². The number of amides is 1. The molecule has 0 aliphatic carbocycles. The number of H-pyrrole nitrogens is 1. The van der Waals surface area contributed by atoms with E-state index >= 15 is 0 Å². The molecule has 0 saturated carbocycles. The van der Waals surface area contributed by atoms with Gasteiger partial charge in [-0.3, -0.25) is 9.89 Å². The van der Waals surface area contributed by atoms with Crippen LogP contribution in [-0.4, -0.2) is 49.9 Å². The third-order valence-electron chi connectivity index (χ3n) is 4.71. The quantitative estimate of drug-likeness (QED) is 0.414. The molecule has 0 unspecified atom stereocenters. The predicted octanol–water partition coefficient (Wildman–Crippen LogP) is 3.32. The number of benzene rings is 1. The number of nitrogens with zero attached hydrogens (tertiary/aromatic N) is 4. The molecule has 9 nitrogen and oxygen atoms in total. The molecule has 0 atom stereocenters. The monoisotopic (exact) mass is 439 g/mol. The zero-order valence-corrected chi connectivity index (χ0v) is 18.5. The summed E-state index contributed by atoms with van der Waals surface area (Å²) in [6, 6.07) is 11.3. The highest BCUT2D eigenvalue weighted by Crippen LogP contribution is 2.32. The van der Waals surface area contributed by atoms with Crippen molar-refractivity contribution in [1.29, 1.82) is 0 Å². The fourth-order valence-corrected chi connectivity index (χ4v) is 3.96. The summed E-state index contributed by atoms with van der Waals surface area (Å²) in [4.78, 5) is 23.8. The second-order valence-electron chi connectivity index (χ2n) is 7.84. The van der Waals surface area contributed by atoms with Crippen molar-refractivity contribution in [1.82, 2.24) is 20.2 Å². The Morgan fingerprint density at radius 3 is 2.58 bits per heavy atom. The first-order valence-electron chi connectivity index (χ1n) is 10.0. The van der Waals surface area contributed by atoms with Crippen molar-refractivity contribution < 1.29 is 9.90 Å². The molecule has 0 spiro atoms. The Kier molecular flexibility index (Phi) is 5.84. The van der Waals surface area contributed by atoms with Crippen LogP contribution < -0.4 is 15.5 Å². The zero-order valence-electron chi connectivity index (χ0n) is 17.6. The molecule has 0 bridgehead atoms. The summed E-state index contributed by atoms with van der Waals surface area (Å²) < 4.78 is 0. The minimum Gasteiger partial charge on any atom is -0.386 e. The lowest BCUT2D eigenvalue weighted by Crippen LogP contribution is -2.60. The Balaban J connectivity index is 1.55. The summed E-state index contributed by atoms with van der Waals surface area (Å²) in [6.45, 7) is 6.59. The van der Waals surface area contributed by atoms with Gasteiger partial charge in [-0.05, 0) is 49.9 Å². The van der Waals surface area contributed by atoms with Gasteiger partial charge >= 0.3 is 0 Å². The van der Waals surface area contributed by atoms with Crippen molar-refractivity contribution >= 4 is 40.8 Å². The second kappa shape index (κ2) is 8.56. The molecule has 2 aromatic heterocycles. The van der Waals surface area contributed by atoms with Crippen LogP contribution in [0.1, 0.15) is 26.0 Å². The van der Waals surface area contributed by atoms with Gasteiger partial charge in [-0.15, -0.1) is 0 Å². The third kappa shape index (κ3) is 5.33. The Labute approximate surface area is 184 Å². The average Bonchev–Trinajstić information content (AvgIpc) is 3.11. The van der Waals surface area contributed by atoms with Gasteiger partial charge in [-0.2, -0.15) is 5.10 Å². The maximum atomic E-state index is 11.6.